The normalized spacial score (nSPS) is 13.0. The standard InChI is InChI=1S/C25H27ClN5O6P/c1-17-5-7-19(8-6-17)21(32)15-37-38(34,36-14-18-3-2-4-20(26)13-18)12-11-35-10-9-31-16-28-22-23(31)29-25(27)30-24(22)33/h2-8,13,16H,9-12,14-15H2,1H3,(H3,27,29,30,33). The molecule has 0 aliphatic heterocycles. The number of Topliss-reactive ketones (excluding diaryl/α,β-unsaturated/α-hetero) is 1. The number of H-pyrrole nitrogens is 1. The van der Waals surface area contributed by atoms with Gasteiger partial charge in [0, 0.05) is 17.1 Å². The van der Waals surface area contributed by atoms with E-state index in [1.165, 1.54) is 6.33 Å². The molecule has 4 rings (SSSR count). The third-order valence-corrected chi connectivity index (χ3v) is 7.57. The number of hydrogen-bond acceptors (Lipinski definition) is 9. The number of rotatable bonds is 13. The van der Waals surface area contributed by atoms with Crippen molar-refractivity contribution in [2.45, 2.75) is 20.1 Å². The van der Waals surface area contributed by atoms with Crippen LogP contribution in [0.3, 0.4) is 0 Å². The first-order chi connectivity index (χ1) is 18.2. The summed E-state index contributed by atoms with van der Waals surface area (Å²) < 4.78 is 32.0. The summed E-state index contributed by atoms with van der Waals surface area (Å²) in [6, 6.07) is 14.0. The predicted octanol–water partition coefficient (Wildman–Crippen LogP) is 3.99. The highest BCUT2D eigenvalue weighted by Crippen LogP contribution is 2.48. The maximum Gasteiger partial charge on any atom is 0.333 e. The van der Waals surface area contributed by atoms with Crippen LogP contribution in [0.25, 0.3) is 11.2 Å². The van der Waals surface area contributed by atoms with Gasteiger partial charge in [-0.2, -0.15) is 4.98 Å². The second kappa shape index (κ2) is 12.5. The van der Waals surface area contributed by atoms with Gasteiger partial charge in [0.2, 0.25) is 5.95 Å². The molecule has 3 N–H and O–H groups in total. The molecule has 0 aliphatic carbocycles. The van der Waals surface area contributed by atoms with Gasteiger partial charge < -0.3 is 24.1 Å². The van der Waals surface area contributed by atoms with Crippen molar-refractivity contribution in [2.24, 2.45) is 0 Å². The number of nitrogen functional groups attached to an aromatic ring is 1. The zero-order valence-electron chi connectivity index (χ0n) is 20.6. The van der Waals surface area contributed by atoms with Gasteiger partial charge in [-0.05, 0) is 24.6 Å². The molecule has 0 spiro atoms. The van der Waals surface area contributed by atoms with Crippen LogP contribution in [-0.4, -0.2) is 51.3 Å². The maximum atomic E-state index is 13.5. The van der Waals surface area contributed by atoms with E-state index < -0.39 is 19.8 Å². The van der Waals surface area contributed by atoms with Crippen LogP contribution in [0.15, 0.2) is 59.7 Å². The molecular formula is C25H27ClN5O6P. The quantitative estimate of drug-likeness (QED) is 0.141. The fourth-order valence-electron chi connectivity index (χ4n) is 3.52. The van der Waals surface area contributed by atoms with E-state index in [1.54, 1.807) is 41.0 Å². The zero-order chi connectivity index (χ0) is 27.1. The summed E-state index contributed by atoms with van der Waals surface area (Å²) >= 11 is 6.03. The molecular weight excluding hydrogens is 533 g/mol. The Bertz CT molecular complexity index is 1520. The number of nitrogens with zero attached hydrogens (tertiary/aromatic N) is 3. The molecule has 0 saturated carbocycles. The number of halogens is 1. The number of anilines is 1. The van der Waals surface area contributed by atoms with E-state index >= 15 is 0 Å². The number of benzene rings is 2. The largest absolute Gasteiger partial charge is 0.379 e. The number of imidazole rings is 1. The SMILES string of the molecule is Cc1ccc(C(=O)COP(=O)(CCOCCn2cnc3c(=O)[nH]c(N)nc32)OCc2cccc(Cl)c2)cc1. The highest BCUT2D eigenvalue weighted by Gasteiger charge is 2.26. The van der Waals surface area contributed by atoms with Gasteiger partial charge in [-0.15, -0.1) is 0 Å². The summed E-state index contributed by atoms with van der Waals surface area (Å²) in [6.07, 6.45) is 1.39. The number of ketones is 1. The third-order valence-electron chi connectivity index (χ3n) is 5.56. The maximum absolute atomic E-state index is 13.5. The minimum Gasteiger partial charge on any atom is -0.379 e. The minimum atomic E-state index is -3.72. The molecule has 4 aromatic rings. The summed E-state index contributed by atoms with van der Waals surface area (Å²) in [4.78, 5) is 35.1. The number of aromatic amines is 1. The molecule has 200 valence electrons. The van der Waals surface area contributed by atoms with Crippen molar-refractivity contribution < 1.29 is 23.1 Å². The predicted molar refractivity (Wildman–Crippen MR) is 144 cm³/mol. The Labute approximate surface area is 223 Å². The molecule has 2 aromatic carbocycles. The molecule has 0 saturated heterocycles. The smallest absolute Gasteiger partial charge is 0.333 e. The lowest BCUT2D eigenvalue weighted by molar-refractivity contribution is 0.0885. The molecule has 11 nitrogen and oxygen atoms in total. The summed E-state index contributed by atoms with van der Waals surface area (Å²) in [6.45, 7) is 2.07. The molecule has 0 amide bonds. The number of carbonyl (C=O) groups is 1. The Morgan fingerprint density at radius 3 is 2.71 bits per heavy atom. The van der Waals surface area contributed by atoms with Crippen LogP contribution in [0.1, 0.15) is 21.5 Å². The molecule has 0 fully saturated rings. The first-order valence-corrected chi connectivity index (χ1v) is 13.8. The second-order valence-electron chi connectivity index (χ2n) is 8.47. The van der Waals surface area contributed by atoms with Crippen molar-refractivity contribution in [3.63, 3.8) is 0 Å². The van der Waals surface area contributed by atoms with E-state index in [1.807, 2.05) is 19.1 Å². The van der Waals surface area contributed by atoms with Crippen LogP contribution in [0.5, 0.6) is 0 Å². The Morgan fingerprint density at radius 1 is 1.16 bits per heavy atom. The number of carbonyl (C=O) groups excluding carboxylic acids is 1. The van der Waals surface area contributed by atoms with Crippen LogP contribution < -0.4 is 11.3 Å². The molecule has 13 heteroatoms. The fraction of sp³-hybridized carbons (Fsp3) is 0.280. The van der Waals surface area contributed by atoms with E-state index in [2.05, 4.69) is 15.0 Å². The number of fused-ring (bicyclic) bond motifs is 1. The Hall–Kier alpha value is -3.34. The van der Waals surface area contributed by atoms with Crippen molar-refractivity contribution in [3.8, 4) is 0 Å². The summed E-state index contributed by atoms with van der Waals surface area (Å²) in [5.41, 5.74) is 7.88. The lowest BCUT2D eigenvalue weighted by Crippen LogP contribution is -2.15. The first kappa shape index (κ1) is 27.7. The average molecular weight is 560 g/mol. The van der Waals surface area contributed by atoms with E-state index in [4.69, 9.17) is 31.1 Å². The summed E-state index contributed by atoms with van der Waals surface area (Å²) in [5, 5.41) is 0.519. The van der Waals surface area contributed by atoms with Crippen molar-refractivity contribution in [3.05, 3.63) is 86.9 Å². The summed E-state index contributed by atoms with van der Waals surface area (Å²) in [7, 11) is -3.72. The van der Waals surface area contributed by atoms with Crippen molar-refractivity contribution in [1.29, 1.82) is 0 Å². The van der Waals surface area contributed by atoms with Crippen molar-refractivity contribution >= 4 is 42.1 Å². The Kier molecular flexibility index (Phi) is 9.09. The number of aromatic nitrogens is 4. The van der Waals surface area contributed by atoms with Gasteiger partial charge in [0.25, 0.3) is 5.56 Å². The van der Waals surface area contributed by atoms with E-state index in [0.717, 1.165) is 5.56 Å². The van der Waals surface area contributed by atoms with Crippen molar-refractivity contribution in [2.75, 3.05) is 31.7 Å². The lowest BCUT2D eigenvalue weighted by Gasteiger charge is -2.19. The monoisotopic (exact) mass is 559 g/mol. The summed E-state index contributed by atoms with van der Waals surface area (Å²) in [5.74, 6) is -0.327. The molecule has 0 radical (unpaired) electrons. The van der Waals surface area contributed by atoms with E-state index in [-0.39, 0.29) is 43.2 Å². The topological polar surface area (TPSA) is 151 Å². The molecule has 0 bridgehead atoms. The second-order valence-corrected chi connectivity index (χ2v) is 11.1. The van der Waals surface area contributed by atoms with Crippen LogP contribution in [0.4, 0.5) is 5.95 Å². The average Bonchev–Trinajstić information content (AvgIpc) is 3.29. The minimum absolute atomic E-state index is 0.0136. The van der Waals surface area contributed by atoms with Crippen LogP contribution >= 0.6 is 19.2 Å². The highest BCUT2D eigenvalue weighted by atomic mass is 35.5. The van der Waals surface area contributed by atoms with E-state index in [9.17, 15) is 14.2 Å². The van der Waals surface area contributed by atoms with Crippen LogP contribution in [-0.2, 0) is 31.5 Å². The molecule has 0 aliphatic rings. The van der Waals surface area contributed by atoms with Gasteiger partial charge in [0.1, 0.15) is 6.61 Å². The zero-order valence-corrected chi connectivity index (χ0v) is 22.3. The van der Waals surface area contributed by atoms with E-state index in [0.29, 0.717) is 28.3 Å². The van der Waals surface area contributed by atoms with Gasteiger partial charge in [-0.3, -0.25) is 19.1 Å². The molecule has 1 unspecified atom stereocenters. The number of hydrogen-bond donors (Lipinski definition) is 2. The molecule has 2 heterocycles. The van der Waals surface area contributed by atoms with Crippen molar-refractivity contribution in [1.82, 2.24) is 19.5 Å². The lowest BCUT2D eigenvalue weighted by atomic mass is 10.1. The number of nitrogens with one attached hydrogen (secondary N) is 1. The number of nitrogens with two attached hydrogens (primary N) is 1. The molecule has 2 aromatic heterocycles. The molecule has 1 atom stereocenters. The fourth-order valence-corrected chi connectivity index (χ4v) is 5.08. The number of ether oxygens (including phenoxy) is 1. The molecule has 38 heavy (non-hydrogen) atoms. The Morgan fingerprint density at radius 2 is 1.95 bits per heavy atom. The van der Waals surface area contributed by atoms with Gasteiger partial charge in [-0.1, -0.05) is 53.6 Å². The van der Waals surface area contributed by atoms with Gasteiger partial charge in [0.05, 0.1) is 32.3 Å². The Balaban J connectivity index is 1.35. The highest BCUT2D eigenvalue weighted by molar-refractivity contribution is 7.53. The first-order valence-electron chi connectivity index (χ1n) is 11.7. The van der Waals surface area contributed by atoms with Gasteiger partial charge >= 0.3 is 7.60 Å². The number of aryl methyl sites for hydroxylation is 1. The van der Waals surface area contributed by atoms with Gasteiger partial charge in [-0.25, -0.2) is 4.98 Å². The van der Waals surface area contributed by atoms with Gasteiger partial charge in [0.15, 0.2) is 16.9 Å². The van der Waals surface area contributed by atoms with Crippen LogP contribution in [0.2, 0.25) is 5.02 Å². The van der Waals surface area contributed by atoms with Crippen LogP contribution in [0, 0.1) is 6.92 Å². The third kappa shape index (κ3) is 7.37.